The first-order valence-corrected chi connectivity index (χ1v) is 11.6. The van der Waals surface area contributed by atoms with E-state index in [1.54, 1.807) is 0 Å². The molecule has 1 aliphatic rings. The topological polar surface area (TPSA) is 129 Å². The summed E-state index contributed by atoms with van der Waals surface area (Å²) in [6, 6.07) is 4.84. The Balaban J connectivity index is 1.87. The Labute approximate surface area is 210 Å². The predicted octanol–water partition coefficient (Wildman–Crippen LogP) is 2.71. The molecule has 2 amide bonds. The van der Waals surface area contributed by atoms with Gasteiger partial charge in [-0.25, -0.2) is 14.4 Å². The normalized spacial score (nSPS) is 13.8. The van der Waals surface area contributed by atoms with Gasteiger partial charge in [-0.3, -0.25) is 23.9 Å². The zero-order valence-corrected chi connectivity index (χ0v) is 20.3. The first-order chi connectivity index (χ1) is 17.2. The fourth-order valence-corrected chi connectivity index (χ4v) is 4.14. The van der Waals surface area contributed by atoms with Gasteiger partial charge in [0, 0.05) is 36.8 Å². The molecule has 0 saturated carbocycles. The number of hydrogen-bond donors (Lipinski definition) is 3. The van der Waals surface area contributed by atoms with E-state index in [-0.39, 0.29) is 64.5 Å². The monoisotopic (exact) mass is 514 g/mol. The summed E-state index contributed by atoms with van der Waals surface area (Å²) in [5.74, 6) is -1.03. The molecule has 10 nitrogen and oxygen atoms in total. The molecule has 12 heteroatoms. The summed E-state index contributed by atoms with van der Waals surface area (Å²) in [7, 11) is 1.53. The highest BCUT2D eigenvalue weighted by Crippen LogP contribution is 2.35. The Kier molecular flexibility index (Phi) is 7.32. The van der Waals surface area contributed by atoms with E-state index in [1.165, 1.54) is 53.3 Å². The number of halogens is 2. The van der Waals surface area contributed by atoms with Crippen molar-refractivity contribution in [2.45, 2.75) is 32.4 Å². The van der Waals surface area contributed by atoms with Crippen molar-refractivity contribution in [3.05, 3.63) is 63.5 Å². The van der Waals surface area contributed by atoms with Crippen LogP contribution in [0.25, 0.3) is 11.1 Å². The maximum Gasteiger partial charge on any atom is 0.260 e. The van der Waals surface area contributed by atoms with Crippen LogP contribution in [0.2, 0.25) is 5.02 Å². The minimum absolute atomic E-state index is 0.000194. The zero-order chi connectivity index (χ0) is 26.0. The molecular formula is C24H24ClFN6O4. The van der Waals surface area contributed by atoms with Gasteiger partial charge in [0.15, 0.2) is 0 Å². The summed E-state index contributed by atoms with van der Waals surface area (Å²) in [5, 5.41) is 15.4. The third-order valence-electron chi connectivity index (χ3n) is 5.98. The standard InChI is InChI=1S/C24H24ClFN6O4/c1-3-14(11-33)29-22(35)17-10-27-12-28-21(17)30-19-9-16(15-8-13(25)4-5-18(15)26)24(36)32-7-6-20(34)31(2)23(19)32/h4-5,8-10,12,14,33H,3,6-7,11H2,1-2H3,(H,29,35)(H,27,28,30). The Morgan fingerprint density at radius 3 is 2.78 bits per heavy atom. The first kappa shape index (κ1) is 25.3. The Morgan fingerprint density at radius 2 is 2.06 bits per heavy atom. The maximum absolute atomic E-state index is 14.7. The fraction of sp³-hybridized carbons (Fsp3) is 0.292. The molecule has 0 fully saturated rings. The molecule has 0 aliphatic carbocycles. The molecule has 3 N–H and O–H groups in total. The number of hydrogen-bond acceptors (Lipinski definition) is 7. The number of aliphatic hydroxyl groups is 1. The number of nitrogens with one attached hydrogen (secondary N) is 2. The number of amides is 2. The molecule has 1 aliphatic heterocycles. The molecule has 1 atom stereocenters. The largest absolute Gasteiger partial charge is 0.394 e. The van der Waals surface area contributed by atoms with E-state index < -0.39 is 23.3 Å². The van der Waals surface area contributed by atoms with Crippen molar-refractivity contribution in [1.29, 1.82) is 0 Å². The Bertz CT molecular complexity index is 1390. The van der Waals surface area contributed by atoms with E-state index in [1.807, 2.05) is 6.92 Å². The van der Waals surface area contributed by atoms with Crippen molar-refractivity contribution < 1.29 is 19.1 Å². The first-order valence-electron chi connectivity index (χ1n) is 11.2. The molecule has 4 rings (SSSR count). The van der Waals surface area contributed by atoms with Crippen LogP contribution in [0.3, 0.4) is 0 Å². The van der Waals surface area contributed by atoms with Gasteiger partial charge in [-0.2, -0.15) is 0 Å². The minimum Gasteiger partial charge on any atom is -0.394 e. The summed E-state index contributed by atoms with van der Waals surface area (Å²) in [5.41, 5.74) is -0.142. The highest BCUT2D eigenvalue weighted by Gasteiger charge is 2.28. The molecule has 0 saturated heterocycles. The van der Waals surface area contributed by atoms with Gasteiger partial charge >= 0.3 is 0 Å². The van der Waals surface area contributed by atoms with Crippen LogP contribution in [0, 0.1) is 5.82 Å². The SMILES string of the molecule is CCC(CO)NC(=O)c1cncnc1Nc1cc(-c2cc(Cl)ccc2F)c(=O)n2c1N(C)C(=O)CC2. The predicted molar refractivity (Wildman–Crippen MR) is 133 cm³/mol. The van der Waals surface area contributed by atoms with Crippen molar-refractivity contribution in [3.8, 4) is 11.1 Å². The molecule has 188 valence electrons. The second-order valence-corrected chi connectivity index (χ2v) is 8.69. The van der Waals surface area contributed by atoms with Gasteiger partial charge in [-0.1, -0.05) is 18.5 Å². The minimum atomic E-state index is -0.639. The van der Waals surface area contributed by atoms with Gasteiger partial charge in [0.2, 0.25) is 5.91 Å². The third-order valence-corrected chi connectivity index (χ3v) is 6.21. The lowest BCUT2D eigenvalue weighted by Gasteiger charge is -2.30. The lowest BCUT2D eigenvalue weighted by molar-refractivity contribution is -0.119. The lowest BCUT2D eigenvalue weighted by atomic mass is 10.0. The fourth-order valence-electron chi connectivity index (χ4n) is 3.97. The number of aliphatic hydroxyl groups excluding tert-OH is 1. The Morgan fingerprint density at radius 1 is 1.28 bits per heavy atom. The van der Waals surface area contributed by atoms with Gasteiger partial charge in [0.1, 0.15) is 29.3 Å². The average Bonchev–Trinajstić information content (AvgIpc) is 2.87. The van der Waals surface area contributed by atoms with Gasteiger partial charge < -0.3 is 15.7 Å². The summed E-state index contributed by atoms with van der Waals surface area (Å²) in [6.45, 7) is 1.67. The average molecular weight is 515 g/mol. The van der Waals surface area contributed by atoms with E-state index in [0.29, 0.717) is 6.42 Å². The second kappa shape index (κ2) is 10.4. The van der Waals surface area contributed by atoms with Crippen molar-refractivity contribution in [2.75, 3.05) is 23.9 Å². The number of nitrogens with zero attached hydrogens (tertiary/aromatic N) is 4. The van der Waals surface area contributed by atoms with Crippen molar-refractivity contribution in [2.24, 2.45) is 0 Å². The van der Waals surface area contributed by atoms with Crippen LogP contribution in [0.4, 0.5) is 21.7 Å². The highest BCUT2D eigenvalue weighted by atomic mass is 35.5. The number of benzene rings is 1. The molecule has 36 heavy (non-hydrogen) atoms. The van der Waals surface area contributed by atoms with Crippen molar-refractivity contribution in [3.63, 3.8) is 0 Å². The smallest absolute Gasteiger partial charge is 0.260 e. The number of rotatable bonds is 7. The van der Waals surface area contributed by atoms with Gasteiger partial charge in [0.05, 0.1) is 23.9 Å². The van der Waals surface area contributed by atoms with Gasteiger partial charge in [-0.05, 0) is 30.7 Å². The zero-order valence-electron chi connectivity index (χ0n) is 19.6. The molecule has 3 heterocycles. The molecule has 1 unspecified atom stereocenters. The number of fused-ring (bicyclic) bond motifs is 1. The molecule has 3 aromatic rings. The van der Waals surface area contributed by atoms with E-state index in [9.17, 15) is 23.9 Å². The van der Waals surface area contributed by atoms with Crippen LogP contribution < -0.4 is 21.1 Å². The summed E-state index contributed by atoms with van der Waals surface area (Å²) in [6.07, 6.45) is 3.14. The quantitative estimate of drug-likeness (QED) is 0.442. The van der Waals surface area contributed by atoms with Crippen LogP contribution in [0.5, 0.6) is 0 Å². The molecular weight excluding hydrogens is 491 g/mol. The molecule has 0 radical (unpaired) electrons. The highest BCUT2D eigenvalue weighted by molar-refractivity contribution is 6.30. The van der Waals surface area contributed by atoms with Crippen molar-refractivity contribution in [1.82, 2.24) is 19.9 Å². The molecule has 0 bridgehead atoms. The van der Waals surface area contributed by atoms with Gasteiger partial charge in [0.25, 0.3) is 11.5 Å². The van der Waals surface area contributed by atoms with Crippen LogP contribution in [0.1, 0.15) is 30.1 Å². The number of aromatic nitrogens is 3. The van der Waals surface area contributed by atoms with Crippen molar-refractivity contribution >= 4 is 40.7 Å². The van der Waals surface area contributed by atoms with E-state index in [4.69, 9.17) is 11.6 Å². The summed E-state index contributed by atoms with van der Waals surface area (Å²) in [4.78, 5) is 48.2. The number of anilines is 3. The molecule has 1 aromatic carbocycles. The van der Waals surface area contributed by atoms with Crippen LogP contribution in [-0.4, -0.2) is 51.2 Å². The third kappa shape index (κ3) is 4.79. The number of carbonyl (C=O) groups is 2. The number of pyridine rings is 1. The summed E-state index contributed by atoms with van der Waals surface area (Å²) >= 11 is 6.07. The summed E-state index contributed by atoms with van der Waals surface area (Å²) < 4.78 is 16.1. The van der Waals surface area contributed by atoms with Gasteiger partial charge in [-0.15, -0.1) is 0 Å². The van der Waals surface area contributed by atoms with E-state index in [2.05, 4.69) is 20.6 Å². The van der Waals surface area contributed by atoms with E-state index >= 15 is 0 Å². The second-order valence-electron chi connectivity index (χ2n) is 8.25. The van der Waals surface area contributed by atoms with E-state index in [0.717, 1.165) is 0 Å². The number of carbonyl (C=O) groups excluding carboxylic acids is 2. The van der Waals surface area contributed by atoms with Crippen LogP contribution in [0.15, 0.2) is 41.6 Å². The maximum atomic E-state index is 14.7. The lowest BCUT2D eigenvalue weighted by Crippen LogP contribution is -2.40. The molecule has 2 aromatic heterocycles. The van der Waals surface area contributed by atoms with Crippen LogP contribution >= 0.6 is 11.6 Å². The Hall–Kier alpha value is -3.83. The van der Waals surface area contributed by atoms with Crippen LogP contribution in [-0.2, 0) is 11.3 Å². The molecule has 0 spiro atoms.